The van der Waals surface area contributed by atoms with Crippen LogP contribution in [0.1, 0.15) is 0 Å². The van der Waals surface area contributed by atoms with Crippen molar-refractivity contribution in [1.82, 2.24) is 10.4 Å². The van der Waals surface area contributed by atoms with Gasteiger partial charge in [0.25, 0.3) is 0 Å². The van der Waals surface area contributed by atoms with Gasteiger partial charge in [-0.2, -0.15) is 0 Å². The summed E-state index contributed by atoms with van der Waals surface area (Å²) >= 11 is 0. The van der Waals surface area contributed by atoms with Gasteiger partial charge in [-0.05, 0) is 0 Å². The third kappa shape index (κ3) is 2.04. The molecule has 0 aliphatic heterocycles. The van der Waals surface area contributed by atoms with Crippen molar-refractivity contribution in [3.05, 3.63) is 12.5 Å². The van der Waals surface area contributed by atoms with E-state index in [1.807, 2.05) is 0 Å². The Morgan fingerprint density at radius 2 is 2.33 bits per heavy atom. The Morgan fingerprint density at radius 1 is 1.50 bits per heavy atom. The number of nitrogens with zero attached hydrogens (tertiary/aromatic N) is 2. The van der Waals surface area contributed by atoms with E-state index in [1.54, 1.807) is 0 Å². The molecule has 0 saturated heterocycles. The summed E-state index contributed by atoms with van der Waals surface area (Å²) in [4.78, 5) is 0. The summed E-state index contributed by atoms with van der Waals surface area (Å²) in [6, 6.07) is 0. The van der Waals surface area contributed by atoms with Gasteiger partial charge < -0.3 is 4.52 Å². The van der Waals surface area contributed by atoms with Crippen molar-refractivity contribution < 1.29 is 4.52 Å². The maximum absolute atomic E-state index is 4.22. The van der Waals surface area contributed by atoms with E-state index in [0.29, 0.717) is 0 Å². The topological polar surface area (TPSA) is 38.9 Å². The predicted molar refractivity (Wildman–Crippen MR) is 21.4 cm³/mol. The van der Waals surface area contributed by atoms with Crippen molar-refractivity contribution in [1.29, 1.82) is 0 Å². The molecule has 0 saturated carbocycles. The van der Waals surface area contributed by atoms with Gasteiger partial charge in [0.15, 0.2) is 0 Å². The second kappa shape index (κ2) is 3.95. The summed E-state index contributed by atoms with van der Waals surface area (Å²) in [6.07, 6.45) is 2.88. The number of rotatable bonds is 0. The van der Waals surface area contributed by atoms with Crippen molar-refractivity contribution in [2.45, 2.75) is 0 Å². The quantitative estimate of drug-likeness (QED) is 0.419. The minimum absolute atomic E-state index is 0. The summed E-state index contributed by atoms with van der Waals surface area (Å²) < 4.78 is 4.22. The Kier molecular flexibility index (Phi) is 4.46. The summed E-state index contributed by atoms with van der Waals surface area (Å²) in [5.41, 5.74) is 0. The molecule has 1 rings (SSSR count). The van der Waals surface area contributed by atoms with Crippen LogP contribution in [-0.2, 0) is 0 Å². The first-order chi connectivity index (χ1) is 2.50. The van der Waals surface area contributed by atoms with Gasteiger partial charge in [-0.3, -0.25) is 0 Å². The fourth-order valence-electron chi connectivity index (χ4n) is 0.136. The summed E-state index contributed by atoms with van der Waals surface area (Å²) in [5.74, 6) is 0. The van der Waals surface area contributed by atoms with E-state index in [0.717, 1.165) is 0 Å². The van der Waals surface area contributed by atoms with Gasteiger partial charge in [0.1, 0.15) is 6.26 Å². The Bertz CT molecular complexity index is 68.0. The molecule has 0 amide bonds. The Labute approximate surface area is 77.5 Å². The second-order valence-corrected chi connectivity index (χ2v) is 0.588. The zero-order valence-electron chi connectivity index (χ0n) is 2.46. The fraction of sp³-hybridized carbons (Fsp3) is 0. The Morgan fingerprint density at radius 3 is 2.50 bits per heavy atom. The molecule has 6 heavy (non-hydrogen) atoms. The van der Waals surface area contributed by atoms with Crippen molar-refractivity contribution in [3.8, 4) is 0 Å². The maximum atomic E-state index is 4.22. The number of hydrogen-bond acceptors (Lipinski definition) is 3. The summed E-state index contributed by atoms with van der Waals surface area (Å²) in [6.45, 7) is 0. The molecule has 0 fully saturated rings. The monoisotopic (exact) mass is 110 g/mol. The minimum Gasteiger partial charge on any atom is -0.346 e. The smallest absolute Gasteiger partial charge is 0.144 e. The molecule has 3 nitrogen and oxygen atoms in total. The van der Waals surface area contributed by atoms with Crippen LogP contribution in [0.25, 0.3) is 0 Å². The molecule has 28 valence electrons. The molecule has 0 spiro atoms. The van der Waals surface area contributed by atoms with Gasteiger partial charge in [-0.15, -0.1) is 5.10 Å². The molecule has 0 unspecified atom stereocenters. The molecule has 0 atom stereocenters. The second-order valence-electron chi connectivity index (χ2n) is 0.588. The van der Waals surface area contributed by atoms with E-state index in [1.165, 1.54) is 12.5 Å². The Balaban J connectivity index is 0.000000250. The van der Waals surface area contributed by atoms with Crippen LogP contribution < -0.4 is 0 Å². The standard InChI is InChI=1S/C2H2N2O.K.H/c1-2-5-4-3-1;;/h1-2H;;. The van der Waals surface area contributed by atoms with E-state index < -0.39 is 0 Å². The van der Waals surface area contributed by atoms with E-state index in [4.69, 9.17) is 0 Å². The normalized spacial score (nSPS) is 6.67. The zero-order valence-corrected chi connectivity index (χ0v) is 2.46. The molecule has 0 aliphatic carbocycles. The van der Waals surface area contributed by atoms with E-state index in [-0.39, 0.29) is 51.4 Å². The Hall–Kier alpha value is 0.776. The van der Waals surface area contributed by atoms with Crippen LogP contribution in [0.2, 0.25) is 0 Å². The predicted octanol–water partition coefficient (Wildman–Crippen LogP) is -0.579. The van der Waals surface area contributed by atoms with E-state index in [9.17, 15) is 0 Å². The van der Waals surface area contributed by atoms with E-state index >= 15 is 0 Å². The molecule has 1 aromatic heterocycles. The van der Waals surface area contributed by atoms with Crippen molar-refractivity contribution in [2.24, 2.45) is 0 Å². The van der Waals surface area contributed by atoms with Crippen molar-refractivity contribution in [3.63, 3.8) is 0 Å². The minimum atomic E-state index is 0. The third-order valence-electron chi connectivity index (χ3n) is 0.283. The fourth-order valence-corrected chi connectivity index (χ4v) is 0.136. The van der Waals surface area contributed by atoms with Gasteiger partial charge in [0.2, 0.25) is 0 Å². The van der Waals surface area contributed by atoms with Crippen molar-refractivity contribution in [2.75, 3.05) is 0 Å². The number of hydrogen-bond donors (Lipinski definition) is 0. The van der Waals surface area contributed by atoms with Gasteiger partial charge in [-0.1, -0.05) is 0 Å². The molecule has 4 heteroatoms. The average molecular weight is 110 g/mol. The van der Waals surface area contributed by atoms with Crippen LogP contribution in [0.3, 0.4) is 0 Å². The van der Waals surface area contributed by atoms with Crippen molar-refractivity contribution >= 4 is 51.4 Å². The molecule has 1 heterocycles. The van der Waals surface area contributed by atoms with Gasteiger partial charge >= 0.3 is 51.4 Å². The third-order valence-corrected chi connectivity index (χ3v) is 0.283. The molecular weight excluding hydrogens is 107 g/mol. The average Bonchev–Trinajstić information content (AvgIpc) is 1.76. The van der Waals surface area contributed by atoms with E-state index in [2.05, 4.69) is 14.9 Å². The first kappa shape index (κ1) is 6.78. The molecule has 1 aromatic rings. The zero-order chi connectivity index (χ0) is 3.54. The molecule has 0 aromatic carbocycles. The molecular formula is C2H3KN2O. The SMILES string of the molecule is [KH].c1conn1. The summed E-state index contributed by atoms with van der Waals surface area (Å²) in [5, 5.41) is 6.40. The first-order valence-corrected chi connectivity index (χ1v) is 1.21. The van der Waals surface area contributed by atoms with Crippen LogP contribution in [0.15, 0.2) is 17.0 Å². The van der Waals surface area contributed by atoms with Crippen LogP contribution in [0.4, 0.5) is 0 Å². The number of aromatic nitrogens is 2. The van der Waals surface area contributed by atoms with Crippen LogP contribution >= 0.6 is 0 Å². The summed E-state index contributed by atoms with van der Waals surface area (Å²) in [7, 11) is 0. The van der Waals surface area contributed by atoms with Gasteiger partial charge in [-0.25, -0.2) is 0 Å². The first-order valence-electron chi connectivity index (χ1n) is 1.21. The molecule has 0 bridgehead atoms. The van der Waals surface area contributed by atoms with Crippen LogP contribution in [0.5, 0.6) is 0 Å². The van der Waals surface area contributed by atoms with Gasteiger partial charge in [0.05, 0.1) is 6.20 Å². The maximum Gasteiger partial charge on any atom is 0.144 e. The van der Waals surface area contributed by atoms with Crippen LogP contribution in [-0.4, -0.2) is 61.8 Å². The molecule has 0 aliphatic rings. The van der Waals surface area contributed by atoms with Gasteiger partial charge in [0, 0.05) is 5.27 Å². The largest absolute Gasteiger partial charge is 0.346 e. The molecule has 0 N–H and O–H groups in total. The van der Waals surface area contributed by atoms with Crippen LogP contribution in [0, 0.1) is 0 Å². The molecule has 0 radical (unpaired) electrons.